The van der Waals surface area contributed by atoms with Crippen LogP contribution in [0.2, 0.25) is 0 Å². The number of carbonyl (C=O) groups is 1. The van der Waals surface area contributed by atoms with Crippen molar-refractivity contribution in [2.24, 2.45) is 0 Å². The molecule has 1 amide bonds. The number of benzene rings is 1. The Morgan fingerprint density at radius 1 is 1.20 bits per heavy atom. The van der Waals surface area contributed by atoms with Crippen molar-refractivity contribution in [3.8, 4) is 5.75 Å². The van der Waals surface area contributed by atoms with Crippen molar-refractivity contribution >= 4 is 5.91 Å². The summed E-state index contributed by atoms with van der Waals surface area (Å²) in [6, 6.07) is 7.70. The molecule has 0 saturated carbocycles. The van der Waals surface area contributed by atoms with Gasteiger partial charge in [-0.25, -0.2) is 0 Å². The molecule has 4 heteroatoms. The second-order valence-corrected chi connectivity index (χ2v) is 5.05. The molecule has 20 heavy (non-hydrogen) atoms. The van der Waals surface area contributed by atoms with Crippen LogP contribution in [0.15, 0.2) is 24.3 Å². The number of nitrogens with one attached hydrogen (secondary N) is 2. The summed E-state index contributed by atoms with van der Waals surface area (Å²) in [4.78, 5) is 11.9. The van der Waals surface area contributed by atoms with Crippen molar-refractivity contribution in [2.45, 2.75) is 39.7 Å². The molecule has 0 aliphatic carbocycles. The zero-order chi connectivity index (χ0) is 14.8. The van der Waals surface area contributed by atoms with E-state index < -0.39 is 0 Å². The predicted octanol–water partition coefficient (Wildman–Crippen LogP) is 2.13. The standard InChI is InChI=1S/C16H26N2O2/c1-4-9-17-10-11-18-16(19)12-14-7-5-6-8-15(14)20-13(2)3/h5-8,13,17H,4,9-12H2,1-3H3,(H,18,19). The summed E-state index contributed by atoms with van der Waals surface area (Å²) in [7, 11) is 0. The van der Waals surface area contributed by atoms with Crippen LogP contribution < -0.4 is 15.4 Å². The predicted molar refractivity (Wildman–Crippen MR) is 82.1 cm³/mol. The fourth-order valence-corrected chi connectivity index (χ4v) is 1.85. The van der Waals surface area contributed by atoms with Crippen LogP contribution in [0, 0.1) is 0 Å². The maximum atomic E-state index is 11.9. The minimum atomic E-state index is 0.0307. The summed E-state index contributed by atoms with van der Waals surface area (Å²) in [5.74, 6) is 0.824. The van der Waals surface area contributed by atoms with Gasteiger partial charge in [0.2, 0.25) is 5.91 Å². The highest BCUT2D eigenvalue weighted by atomic mass is 16.5. The highest BCUT2D eigenvalue weighted by Gasteiger charge is 2.09. The van der Waals surface area contributed by atoms with E-state index >= 15 is 0 Å². The highest BCUT2D eigenvalue weighted by molar-refractivity contribution is 5.79. The molecule has 0 atom stereocenters. The van der Waals surface area contributed by atoms with Crippen LogP contribution in [0.4, 0.5) is 0 Å². The molecule has 0 saturated heterocycles. The minimum absolute atomic E-state index is 0.0307. The maximum absolute atomic E-state index is 11.9. The summed E-state index contributed by atoms with van der Waals surface area (Å²) < 4.78 is 5.71. The van der Waals surface area contributed by atoms with Crippen LogP contribution in [0.25, 0.3) is 0 Å². The second kappa shape index (κ2) is 9.37. The lowest BCUT2D eigenvalue weighted by atomic mass is 10.1. The molecule has 0 fully saturated rings. The van der Waals surface area contributed by atoms with E-state index in [2.05, 4.69) is 17.6 Å². The van der Waals surface area contributed by atoms with Gasteiger partial charge in [-0.1, -0.05) is 25.1 Å². The SMILES string of the molecule is CCCNCCNC(=O)Cc1ccccc1OC(C)C. The molecule has 2 N–H and O–H groups in total. The van der Waals surface area contributed by atoms with Gasteiger partial charge in [-0.2, -0.15) is 0 Å². The van der Waals surface area contributed by atoms with E-state index in [0.717, 1.165) is 30.8 Å². The van der Waals surface area contributed by atoms with Gasteiger partial charge in [-0.3, -0.25) is 4.79 Å². The van der Waals surface area contributed by atoms with Gasteiger partial charge in [0.05, 0.1) is 12.5 Å². The van der Waals surface area contributed by atoms with E-state index in [0.29, 0.717) is 13.0 Å². The number of rotatable bonds is 9. The van der Waals surface area contributed by atoms with Crippen molar-refractivity contribution < 1.29 is 9.53 Å². The van der Waals surface area contributed by atoms with Gasteiger partial charge in [0.15, 0.2) is 0 Å². The summed E-state index contributed by atoms with van der Waals surface area (Å²) >= 11 is 0. The van der Waals surface area contributed by atoms with Crippen molar-refractivity contribution in [3.63, 3.8) is 0 Å². The van der Waals surface area contributed by atoms with E-state index in [1.165, 1.54) is 0 Å². The molecule has 0 bridgehead atoms. The smallest absolute Gasteiger partial charge is 0.224 e. The molecule has 1 aromatic carbocycles. The highest BCUT2D eigenvalue weighted by Crippen LogP contribution is 2.19. The van der Waals surface area contributed by atoms with Crippen molar-refractivity contribution in [2.75, 3.05) is 19.6 Å². The Balaban J connectivity index is 2.41. The van der Waals surface area contributed by atoms with Crippen LogP contribution in [-0.2, 0) is 11.2 Å². The van der Waals surface area contributed by atoms with Gasteiger partial charge in [0.1, 0.15) is 5.75 Å². The summed E-state index contributed by atoms with van der Waals surface area (Å²) in [6.07, 6.45) is 1.57. The molecule has 0 aliphatic heterocycles. The molecule has 0 unspecified atom stereocenters. The van der Waals surface area contributed by atoms with Crippen LogP contribution in [0.1, 0.15) is 32.8 Å². The Morgan fingerprint density at radius 2 is 1.95 bits per heavy atom. The summed E-state index contributed by atoms with van der Waals surface area (Å²) in [5, 5.41) is 6.17. The van der Waals surface area contributed by atoms with Gasteiger partial charge >= 0.3 is 0 Å². The van der Waals surface area contributed by atoms with Crippen LogP contribution in [0.3, 0.4) is 0 Å². The van der Waals surface area contributed by atoms with Gasteiger partial charge in [-0.05, 0) is 32.9 Å². The maximum Gasteiger partial charge on any atom is 0.224 e. The van der Waals surface area contributed by atoms with E-state index in [4.69, 9.17) is 4.74 Å². The largest absolute Gasteiger partial charge is 0.491 e. The van der Waals surface area contributed by atoms with Gasteiger partial charge < -0.3 is 15.4 Å². The monoisotopic (exact) mass is 278 g/mol. The number of ether oxygens (including phenoxy) is 1. The van der Waals surface area contributed by atoms with Gasteiger partial charge in [-0.15, -0.1) is 0 Å². The third-order valence-corrected chi connectivity index (χ3v) is 2.74. The number of carbonyl (C=O) groups excluding carboxylic acids is 1. The molecule has 1 rings (SSSR count). The third-order valence-electron chi connectivity index (χ3n) is 2.74. The van der Waals surface area contributed by atoms with E-state index in [1.807, 2.05) is 38.1 Å². The van der Waals surface area contributed by atoms with Crippen LogP contribution in [0.5, 0.6) is 5.75 Å². The second-order valence-electron chi connectivity index (χ2n) is 5.05. The molecule has 112 valence electrons. The van der Waals surface area contributed by atoms with Crippen molar-refractivity contribution in [3.05, 3.63) is 29.8 Å². The van der Waals surface area contributed by atoms with Crippen molar-refractivity contribution in [1.29, 1.82) is 0 Å². The first kappa shape index (κ1) is 16.5. The number of hydrogen-bond acceptors (Lipinski definition) is 3. The Hall–Kier alpha value is -1.55. The lowest BCUT2D eigenvalue weighted by molar-refractivity contribution is -0.120. The summed E-state index contributed by atoms with van der Waals surface area (Å²) in [5.41, 5.74) is 0.931. The first-order valence-corrected chi connectivity index (χ1v) is 7.35. The van der Waals surface area contributed by atoms with Crippen LogP contribution in [-0.4, -0.2) is 31.6 Å². The van der Waals surface area contributed by atoms with Crippen LogP contribution >= 0.6 is 0 Å². The Bertz CT molecular complexity index is 405. The molecule has 0 aliphatic rings. The Morgan fingerprint density at radius 3 is 2.65 bits per heavy atom. The number of hydrogen-bond donors (Lipinski definition) is 2. The zero-order valence-corrected chi connectivity index (χ0v) is 12.7. The Labute approximate surface area is 121 Å². The average Bonchev–Trinajstić information content (AvgIpc) is 2.40. The molecule has 0 radical (unpaired) electrons. The zero-order valence-electron chi connectivity index (χ0n) is 12.7. The fourth-order valence-electron chi connectivity index (χ4n) is 1.85. The third kappa shape index (κ3) is 6.57. The average molecular weight is 278 g/mol. The van der Waals surface area contributed by atoms with Crippen molar-refractivity contribution in [1.82, 2.24) is 10.6 Å². The minimum Gasteiger partial charge on any atom is -0.491 e. The molecular formula is C16H26N2O2. The first-order chi connectivity index (χ1) is 9.63. The van der Waals surface area contributed by atoms with Gasteiger partial charge in [0.25, 0.3) is 0 Å². The fraction of sp³-hybridized carbons (Fsp3) is 0.562. The number of para-hydroxylation sites is 1. The summed E-state index contributed by atoms with van der Waals surface area (Å²) in [6.45, 7) is 8.54. The Kier molecular flexibility index (Phi) is 7.73. The van der Waals surface area contributed by atoms with E-state index in [9.17, 15) is 4.79 Å². The lowest BCUT2D eigenvalue weighted by Crippen LogP contribution is -2.33. The first-order valence-electron chi connectivity index (χ1n) is 7.35. The quantitative estimate of drug-likeness (QED) is 0.680. The molecular weight excluding hydrogens is 252 g/mol. The van der Waals surface area contributed by atoms with E-state index in [1.54, 1.807) is 0 Å². The normalized spacial score (nSPS) is 10.6. The molecule has 0 aromatic heterocycles. The number of amides is 1. The molecule has 0 heterocycles. The topological polar surface area (TPSA) is 50.4 Å². The van der Waals surface area contributed by atoms with Gasteiger partial charge in [0, 0.05) is 18.7 Å². The lowest BCUT2D eigenvalue weighted by Gasteiger charge is -2.14. The molecule has 0 spiro atoms. The van der Waals surface area contributed by atoms with E-state index in [-0.39, 0.29) is 12.0 Å². The molecule has 1 aromatic rings. The molecule has 4 nitrogen and oxygen atoms in total.